The lowest BCUT2D eigenvalue weighted by Crippen LogP contribution is -2.33. The van der Waals surface area contributed by atoms with E-state index in [1.807, 2.05) is 6.92 Å². The lowest BCUT2D eigenvalue weighted by molar-refractivity contribution is -0.142. The SMILES string of the molecule is CC1=C[C@H]2C(=O)O[C@H](C)[C@H]2[C@@H](C)[C@@H]1C. The molecule has 0 amide bonds. The number of cyclic esters (lactones) is 1. The van der Waals surface area contributed by atoms with Gasteiger partial charge in [0.1, 0.15) is 6.10 Å². The summed E-state index contributed by atoms with van der Waals surface area (Å²) >= 11 is 0. The van der Waals surface area contributed by atoms with Crippen LogP contribution in [0.4, 0.5) is 0 Å². The molecule has 0 aromatic rings. The van der Waals surface area contributed by atoms with Gasteiger partial charge >= 0.3 is 5.97 Å². The highest BCUT2D eigenvalue weighted by molar-refractivity contribution is 5.77. The van der Waals surface area contributed by atoms with Gasteiger partial charge in [0.15, 0.2) is 0 Å². The summed E-state index contributed by atoms with van der Waals surface area (Å²) < 4.78 is 5.29. The fourth-order valence-corrected chi connectivity index (χ4v) is 2.91. The van der Waals surface area contributed by atoms with Crippen molar-refractivity contribution in [3.8, 4) is 0 Å². The van der Waals surface area contributed by atoms with Gasteiger partial charge in [0.25, 0.3) is 0 Å². The summed E-state index contributed by atoms with van der Waals surface area (Å²) in [6.45, 7) is 8.60. The van der Waals surface area contributed by atoms with E-state index >= 15 is 0 Å². The van der Waals surface area contributed by atoms with E-state index in [2.05, 4.69) is 26.8 Å². The van der Waals surface area contributed by atoms with E-state index in [4.69, 9.17) is 4.74 Å². The molecule has 2 nitrogen and oxygen atoms in total. The molecule has 14 heavy (non-hydrogen) atoms. The Balaban J connectivity index is 2.36. The third-order valence-electron chi connectivity index (χ3n) is 4.09. The second kappa shape index (κ2) is 3.11. The number of esters is 1. The van der Waals surface area contributed by atoms with Crippen molar-refractivity contribution in [3.63, 3.8) is 0 Å². The molecule has 0 radical (unpaired) electrons. The number of ether oxygens (including phenoxy) is 1. The first-order chi connectivity index (χ1) is 6.52. The third-order valence-corrected chi connectivity index (χ3v) is 4.09. The fourth-order valence-electron chi connectivity index (χ4n) is 2.91. The number of carbonyl (C=O) groups excluding carboxylic acids is 1. The van der Waals surface area contributed by atoms with Crippen LogP contribution in [-0.4, -0.2) is 12.1 Å². The second-order valence-electron chi connectivity index (χ2n) is 4.80. The molecule has 5 atom stereocenters. The zero-order chi connectivity index (χ0) is 10.5. The van der Waals surface area contributed by atoms with E-state index < -0.39 is 0 Å². The average molecular weight is 194 g/mol. The Morgan fingerprint density at radius 3 is 2.57 bits per heavy atom. The molecule has 2 aliphatic rings. The Morgan fingerprint density at radius 2 is 1.93 bits per heavy atom. The minimum Gasteiger partial charge on any atom is -0.462 e. The van der Waals surface area contributed by atoms with Crippen LogP contribution in [0.25, 0.3) is 0 Å². The van der Waals surface area contributed by atoms with Crippen molar-refractivity contribution >= 4 is 5.97 Å². The molecular weight excluding hydrogens is 176 g/mol. The van der Waals surface area contributed by atoms with Crippen molar-refractivity contribution in [1.82, 2.24) is 0 Å². The van der Waals surface area contributed by atoms with Crippen LogP contribution in [0.15, 0.2) is 11.6 Å². The number of fused-ring (bicyclic) bond motifs is 1. The van der Waals surface area contributed by atoms with Crippen LogP contribution < -0.4 is 0 Å². The van der Waals surface area contributed by atoms with E-state index in [1.54, 1.807) is 0 Å². The smallest absolute Gasteiger partial charge is 0.313 e. The zero-order valence-corrected chi connectivity index (χ0v) is 9.28. The maximum atomic E-state index is 11.5. The van der Waals surface area contributed by atoms with E-state index in [0.717, 1.165) is 0 Å². The first-order valence-corrected chi connectivity index (χ1v) is 5.41. The normalized spacial score (nSPS) is 47.0. The summed E-state index contributed by atoms with van der Waals surface area (Å²) in [5.74, 6) is 1.51. The predicted molar refractivity (Wildman–Crippen MR) is 54.6 cm³/mol. The highest BCUT2D eigenvalue weighted by atomic mass is 16.6. The van der Waals surface area contributed by atoms with Gasteiger partial charge in [-0.1, -0.05) is 25.5 Å². The molecule has 0 N–H and O–H groups in total. The maximum absolute atomic E-state index is 11.5. The number of allylic oxidation sites excluding steroid dienone is 1. The Morgan fingerprint density at radius 1 is 1.29 bits per heavy atom. The molecule has 2 heteroatoms. The van der Waals surface area contributed by atoms with E-state index in [1.165, 1.54) is 5.57 Å². The lowest BCUT2D eigenvalue weighted by atomic mass is 9.68. The molecule has 0 bridgehead atoms. The van der Waals surface area contributed by atoms with Crippen LogP contribution in [0.3, 0.4) is 0 Å². The molecule has 1 heterocycles. The van der Waals surface area contributed by atoms with Crippen molar-refractivity contribution in [2.24, 2.45) is 23.7 Å². The van der Waals surface area contributed by atoms with Gasteiger partial charge in [0.05, 0.1) is 5.92 Å². The number of carbonyl (C=O) groups is 1. The van der Waals surface area contributed by atoms with Crippen LogP contribution in [-0.2, 0) is 9.53 Å². The molecule has 1 fully saturated rings. The Hall–Kier alpha value is -0.790. The van der Waals surface area contributed by atoms with Crippen molar-refractivity contribution in [1.29, 1.82) is 0 Å². The van der Waals surface area contributed by atoms with Crippen LogP contribution in [0.5, 0.6) is 0 Å². The maximum Gasteiger partial charge on any atom is 0.313 e. The zero-order valence-electron chi connectivity index (χ0n) is 9.28. The average Bonchev–Trinajstić information content (AvgIpc) is 2.38. The van der Waals surface area contributed by atoms with Gasteiger partial charge in [-0.15, -0.1) is 0 Å². The van der Waals surface area contributed by atoms with Crippen LogP contribution in [0.2, 0.25) is 0 Å². The number of rotatable bonds is 0. The second-order valence-corrected chi connectivity index (χ2v) is 4.80. The molecule has 78 valence electrons. The highest BCUT2D eigenvalue weighted by Crippen LogP contribution is 2.44. The van der Waals surface area contributed by atoms with E-state index in [0.29, 0.717) is 17.8 Å². The minimum absolute atomic E-state index is 0.0243. The summed E-state index contributed by atoms with van der Waals surface area (Å²) in [5, 5.41) is 0. The van der Waals surface area contributed by atoms with Gasteiger partial charge in [-0.2, -0.15) is 0 Å². The van der Waals surface area contributed by atoms with Gasteiger partial charge < -0.3 is 4.74 Å². The Labute approximate surface area is 85.3 Å². The molecule has 1 saturated heterocycles. The molecule has 0 aromatic heterocycles. The van der Waals surface area contributed by atoms with E-state index in [-0.39, 0.29) is 18.0 Å². The minimum atomic E-state index is -0.0272. The third kappa shape index (κ3) is 1.20. The van der Waals surface area contributed by atoms with Crippen molar-refractivity contribution < 1.29 is 9.53 Å². The highest BCUT2D eigenvalue weighted by Gasteiger charge is 2.47. The molecule has 0 unspecified atom stereocenters. The summed E-state index contributed by atoms with van der Waals surface area (Å²) in [6.07, 6.45) is 2.20. The lowest BCUT2D eigenvalue weighted by Gasteiger charge is -2.34. The van der Waals surface area contributed by atoms with Gasteiger partial charge in [0.2, 0.25) is 0 Å². The van der Waals surface area contributed by atoms with Gasteiger partial charge in [-0.3, -0.25) is 4.79 Å². The fraction of sp³-hybridized carbons (Fsp3) is 0.750. The van der Waals surface area contributed by atoms with Crippen LogP contribution >= 0.6 is 0 Å². The quantitative estimate of drug-likeness (QED) is 0.437. The van der Waals surface area contributed by atoms with Gasteiger partial charge in [-0.05, 0) is 25.7 Å². The largest absolute Gasteiger partial charge is 0.462 e. The molecule has 0 spiro atoms. The van der Waals surface area contributed by atoms with Crippen molar-refractivity contribution in [3.05, 3.63) is 11.6 Å². The first-order valence-electron chi connectivity index (χ1n) is 5.41. The Bertz CT molecular complexity index is 293. The summed E-state index contributed by atoms with van der Waals surface area (Å²) in [7, 11) is 0. The summed E-state index contributed by atoms with van der Waals surface area (Å²) in [6, 6.07) is 0. The van der Waals surface area contributed by atoms with Crippen LogP contribution in [0, 0.1) is 23.7 Å². The molecule has 1 aliphatic carbocycles. The van der Waals surface area contributed by atoms with Gasteiger partial charge in [-0.25, -0.2) is 0 Å². The first kappa shape index (κ1) is 9.75. The monoisotopic (exact) mass is 194 g/mol. The number of hydrogen-bond acceptors (Lipinski definition) is 2. The topological polar surface area (TPSA) is 26.3 Å². The van der Waals surface area contributed by atoms with Crippen molar-refractivity contribution in [2.75, 3.05) is 0 Å². The molecular formula is C12H18O2. The Kier molecular flexibility index (Phi) is 2.17. The summed E-state index contributed by atoms with van der Waals surface area (Å²) in [5.41, 5.74) is 1.34. The molecule has 1 aliphatic heterocycles. The number of hydrogen-bond donors (Lipinski definition) is 0. The van der Waals surface area contributed by atoms with Gasteiger partial charge in [0, 0.05) is 5.92 Å². The van der Waals surface area contributed by atoms with Crippen LogP contribution in [0.1, 0.15) is 27.7 Å². The standard InChI is InChI=1S/C12H18O2/c1-6-5-10-11(8(3)7(6)2)9(4)14-12(10)13/h5,7-11H,1-4H3/t7-,8+,9-,10-,11-/m1/s1. The molecule has 0 saturated carbocycles. The molecule has 2 rings (SSSR count). The van der Waals surface area contributed by atoms with E-state index in [9.17, 15) is 4.79 Å². The predicted octanol–water partition coefficient (Wildman–Crippen LogP) is 2.40. The molecule has 0 aromatic carbocycles. The van der Waals surface area contributed by atoms with Crippen molar-refractivity contribution in [2.45, 2.75) is 33.8 Å². The summed E-state index contributed by atoms with van der Waals surface area (Å²) in [4.78, 5) is 11.5.